The van der Waals surface area contributed by atoms with Gasteiger partial charge in [-0.1, -0.05) is 36.4 Å². The van der Waals surface area contributed by atoms with Crippen LogP contribution in [0.5, 0.6) is 0 Å². The van der Waals surface area contributed by atoms with Gasteiger partial charge in [-0.3, -0.25) is 9.48 Å². The number of aromatic nitrogens is 2. The van der Waals surface area contributed by atoms with Gasteiger partial charge in [0, 0.05) is 17.6 Å². The maximum atomic E-state index is 13.6. The number of carbonyl (C=O) groups excluding carboxylic acids is 1. The lowest BCUT2D eigenvalue weighted by Crippen LogP contribution is -2.30. The summed E-state index contributed by atoms with van der Waals surface area (Å²) in [6.45, 7) is 4.96. The summed E-state index contributed by atoms with van der Waals surface area (Å²) in [4.78, 5) is 16.3. The van der Waals surface area contributed by atoms with Gasteiger partial charge in [0.1, 0.15) is 10.6 Å². The number of carbonyl (C=O) groups is 1. The molecule has 0 unspecified atom stereocenters. The van der Waals surface area contributed by atoms with E-state index >= 15 is 0 Å². The monoisotopic (exact) mass is 393 g/mol. The molecule has 142 valence electrons. The van der Waals surface area contributed by atoms with Crippen LogP contribution >= 0.6 is 11.3 Å². The van der Waals surface area contributed by atoms with E-state index in [2.05, 4.69) is 17.2 Å². The van der Waals surface area contributed by atoms with Crippen molar-refractivity contribution >= 4 is 33.1 Å². The van der Waals surface area contributed by atoms with Crippen LogP contribution in [0.15, 0.2) is 60.7 Å². The molecule has 0 saturated carbocycles. The molecule has 0 N–H and O–H groups in total. The topological polar surface area (TPSA) is 38.1 Å². The number of hydrogen-bond acceptors (Lipinski definition) is 3. The molecule has 28 heavy (non-hydrogen) atoms. The normalized spacial score (nSPS) is 11.1. The zero-order valence-corrected chi connectivity index (χ0v) is 16.5. The molecule has 0 aliphatic rings. The van der Waals surface area contributed by atoms with Gasteiger partial charge in [-0.05, 0) is 43.7 Å². The Bertz CT molecular complexity index is 1130. The number of thiophene rings is 1. The smallest absolute Gasteiger partial charge is 0.268 e. The molecule has 0 atom stereocenters. The Hall–Kier alpha value is -2.99. The van der Waals surface area contributed by atoms with Crippen LogP contribution in [0, 0.1) is 12.7 Å². The SMILES string of the molecule is CCN(C(=O)c1cc2c(C)nn(Cc3ccccc3)c2s1)c1cccc(F)c1. The first-order chi connectivity index (χ1) is 13.6. The number of hydrogen-bond donors (Lipinski definition) is 0. The molecule has 0 spiro atoms. The van der Waals surface area contributed by atoms with E-state index in [0.717, 1.165) is 21.5 Å². The summed E-state index contributed by atoms with van der Waals surface area (Å²) in [6, 6.07) is 18.1. The molecule has 6 heteroatoms. The predicted octanol–water partition coefficient (Wildman–Crippen LogP) is 5.26. The highest BCUT2D eigenvalue weighted by Crippen LogP contribution is 2.31. The van der Waals surface area contributed by atoms with Crippen molar-refractivity contribution < 1.29 is 9.18 Å². The van der Waals surface area contributed by atoms with Crippen LogP contribution in [0.2, 0.25) is 0 Å². The van der Waals surface area contributed by atoms with E-state index in [4.69, 9.17) is 0 Å². The maximum absolute atomic E-state index is 13.6. The fourth-order valence-corrected chi connectivity index (χ4v) is 4.41. The summed E-state index contributed by atoms with van der Waals surface area (Å²) in [5, 5.41) is 5.62. The summed E-state index contributed by atoms with van der Waals surface area (Å²) in [5.41, 5.74) is 2.62. The van der Waals surface area contributed by atoms with Gasteiger partial charge in [-0.25, -0.2) is 4.39 Å². The van der Waals surface area contributed by atoms with E-state index in [0.29, 0.717) is 23.7 Å². The molecule has 2 heterocycles. The standard InChI is InChI=1S/C22H20FN3OS/c1-3-25(18-11-7-10-17(23)12-18)21(27)20-13-19-15(2)24-26(22(19)28-20)14-16-8-5-4-6-9-16/h4-13H,3,14H2,1-2H3. The van der Waals surface area contributed by atoms with Crippen molar-refractivity contribution in [3.05, 3.63) is 82.6 Å². The Kier molecular flexibility index (Phi) is 4.96. The highest BCUT2D eigenvalue weighted by molar-refractivity contribution is 7.20. The van der Waals surface area contributed by atoms with Gasteiger partial charge >= 0.3 is 0 Å². The van der Waals surface area contributed by atoms with Gasteiger partial charge in [0.25, 0.3) is 5.91 Å². The summed E-state index contributed by atoms with van der Waals surface area (Å²) in [6.07, 6.45) is 0. The van der Waals surface area contributed by atoms with Gasteiger partial charge in [-0.2, -0.15) is 5.10 Å². The number of fused-ring (bicyclic) bond motifs is 1. The number of halogens is 1. The molecule has 0 fully saturated rings. The molecule has 0 aliphatic heterocycles. The Balaban J connectivity index is 1.69. The summed E-state index contributed by atoms with van der Waals surface area (Å²) in [5.74, 6) is -0.477. The highest BCUT2D eigenvalue weighted by atomic mass is 32.1. The Labute approximate surface area is 166 Å². The molecule has 4 nitrogen and oxygen atoms in total. The Morgan fingerprint density at radius 2 is 1.93 bits per heavy atom. The largest absolute Gasteiger partial charge is 0.308 e. The van der Waals surface area contributed by atoms with Crippen LogP contribution in [0.1, 0.15) is 27.9 Å². The fraction of sp³-hybridized carbons (Fsp3) is 0.182. The molecule has 4 aromatic rings. The number of nitrogens with zero attached hydrogens (tertiary/aromatic N) is 3. The third-order valence-electron chi connectivity index (χ3n) is 4.67. The van der Waals surface area contributed by atoms with E-state index in [1.165, 1.54) is 23.5 Å². The number of rotatable bonds is 5. The molecule has 4 rings (SSSR count). The number of aryl methyl sites for hydroxylation is 1. The van der Waals surface area contributed by atoms with Crippen LogP contribution in [0.3, 0.4) is 0 Å². The zero-order valence-electron chi connectivity index (χ0n) is 15.7. The minimum Gasteiger partial charge on any atom is -0.308 e. The van der Waals surface area contributed by atoms with Crippen LogP contribution in [0.25, 0.3) is 10.2 Å². The summed E-state index contributed by atoms with van der Waals surface area (Å²) in [7, 11) is 0. The molecule has 2 aromatic heterocycles. The van der Waals surface area contributed by atoms with Crippen LogP contribution in [0.4, 0.5) is 10.1 Å². The summed E-state index contributed by atoms with van der Waals surface area (Å²) < 4.78 is 15.6. The molecule has 2 aromatic carbocycles. The first kappa shape index (κ1) is 18.4. The molecule has 1 amide bonds. The number of amides is 1. The number of benzene rings is 2. The minimum atomic E-state index is -0.352. The Morgan fingerprint density at radius 3 is 2.64 bits per heavy atom. The highest BCUT2D eigenvalue weighted by Gasteiger charge is 2.21. The van der Waals surface area contributed by atoms with Crippen molar-refractivity contribution in [2.75, 3.05) is 11.4 Å². The molecule has 0 aliphatic carbocycles. The average molecular weight is 393 g/mol. The summed E-state index contributed by atoms with van der Waals surface area (Å²) >= 11 is 1.43. The molecular formula is C22H20FN3OS. The Morgan fingerprint density at radius 1 is 1.14 bits per heavy atom. The van der Waals surface area contributed by atoms with Crippen molar-refractivity contribution in [3.8, 4) is 0 Å². The lowest BCUT2D eigenvalue weighted by molar-refractivity contribution is 0.0992. The van der Waals surface area contributed by atoms with Gasteiger partial charge in [0.15, 0.2) is 0 Å². The van der Waals surface area contributed by atoms with Crippen molar-refractivity contribution in [3.63, 3.8) is 0 Å². The van der Waals surface area contributed by atoms with Crippen LogP contribution in [-0.2, 0) is 6.54 Å². The molecule has 0 saturated heterocycles. The second-order valence-electron chi connectivity index (χ2n) is 6.59. The second-order valence-corrected chi connectivity index (χ2v) is 7.62. The van der Waals surface area contributed by atoms with Crippen LogP contribution in [-0.4, -0.2) is 22.2 Å². The molecule has 0 bridgehead atoms. The van der Waals surface area contributed by atoms with Crippen molar-refractivity contribution in [1.82, 2.24) is 9.78 Å². The molecular weight excluding hydrogens is 373 g/mol. The fourth-order valence-electron chi connectivity index (χ4n) is 3.30. The van der Waals surface area contributed by atoms with Gasteiger partial charge in [0.2, 0.25) is 0 Å². The van der Waals surface area contributed by atoms with E-state index < -0.39 is 0 Å². The third kappa shape index (κ3) is 3.43. The van der Waals surface area contributed by atoms with Crippen molar-refractivity contribution in [1.29, 1.82) is 0 Å². The minimum absolute atomic E-state index is 0.125. The number of anilines is 1. The lowest BCUT2D eigenvalue weighted by Gasteiger charge is -2.20. The average Bonchev–Trinajstić information content (AvgIpc) is 3.25. The van der Waals surface area contributed by atoms with Crippen molar-refractivity contribution in [2.45, 2.75) is 20.4 Å². The first-order valence-corrected chi connectivity index (χ1v) is 9.96. The maximum Gasteiger partial charge on any atom is 0.268 e. The van der Waals surface area contributed by atoms with Gasteiger partial charge < -0.3 is 4.90 Å². The predicted molar refractivity (Wildman–Crippen MR) is 112 cm³/mol. The van der Waals surface area contributed by atoms with E-state index in [1.54, 1.807) is 17.0 Å². The van der Waals surface area contributed by atoms with E-state index in [-0.39, 0.29) is 11.7 Å². The van der Waals surface area contributed by atoms with Crippen molar-refractivity contribution in [2.24, 2.45) is 0 Å². The quantitative estimate of drug-likeness (QED) is 0.464. The van der Waals surface area contributed by atoms with Gasteiger partial charge in [0.05, 0.1) is 17.1 Å². The first-order valence-electron chi connectivity index (χ1n) is 9.15. The van der Waals surface area contributed by atoms with E-state index in [9.17, 15) is 9.18 Å². The third-order valence-corrected chi connectivity index (χ3v) is 5.81. The van der Waals surface area contributed by atoms with Gasteiger partial charge in [-0.15, -0.1) is 11.3 Å². The zero-order chi connectivity index (χ0) is 19.7. The molecule has 0 radical (unpaired) electrons. The second kappa shape index (κ2) is 7.56. The van der Waals surface area contributed by atoms with E-state index in [1.807, 2.05) is 42.8 Å². The lowest BCUT2D eigenvalue weighted by atomic mass is 10.2. The van der Waals surface area contributed by atoms with Crippen LogP contribution < -0.4 is 4.90 Å².